The number of amides is 1. The number of hydrogen-bond donors (Lipinski definition) is 2. The van der Waals surface area contributed by atoms with Crippen molar-refractivity contribution >= 4 is 25.1 Å². The summed E-state index contributed by atoms with van der Waals surface area (Å²) in [5.74, 6) is -4.17. The van der Waals surface area contributed by atoms with Gasteiger partial charge in [-0.15, -0.1) is 0 Å². The van der Waals surface area contributed by atoms with Gasteiger partial charge in [0.05, 0.1) is 16.8 Å². The topological polar surface area (TPSA) is 84.9 Å². The molecule has 1 aromatic carbocycles. The first-order valence-electron chi connectivity index (χ1n) is 8.37. The fourth-order valence-corrected chi connectivity index (χ4v) is 2.49. The summed E-state index contributed by atoms with van der Waals surface area (Å²) in [5, 5.41) is 11.9. The van der Waals surface area contributed by atoms with E-state index in [4.69, 9.17) is 9.31 Å². The van der Waals surface area contributed by atoms with E-state index >= 15 is 0 Å². The fourth-order valence-electron chi connectivity index (χ4n) is 2.49. The molecule has 1 aromatic rings. The Morgan fingerprint density at radius 1 is 1.15 bits per heavy atom. The zero-order valence-corrected chi connectivity index (χ0v) is 15.9. The van der Waals surface area contributed by atoms with E-state index in [1.807, 2.05) is 27.7 Å². The van der Waals surface area contributed by atoms with Gasteiger partial charge in [0.25, 0.3) is 0 Å². The highest BCUT2D eigenvalue weighted by Crippen LogP contribution is 2.38. The van der Waals surface area contributed by atoms with Gasteiger partial charge < -0.3 is 19.7 Å². The number of hydrogen-bond acceptors (Lipinski definition) is 4. The minimum Gasteiger partial charge on any atom is -0.478 e. The van der Waals surface area contributed by atoms with Gasteiger partial charge in [0.1, 0.15) is 0 Å². The van der Waals surface area contributed by atoms with Crippen LogP contribution in [0.15, 0.2) is 17.6 Å². The second-order valence-corrected chi connectivity index (χ2v) is 7.38. The molecular formula is C18H22BF2NO5. The van der Waals surface area contributed by atoms with Crippen LogP contribution in [0.4, 0.5) is 8.78 Å². The second-order valence-electron chi connectivity index (χ2n) is 7.38. The summed E-state index contributed by atoms with van der Waals surface area (Å²) in [5.41, 5.74) is -1.44. The Labute approximate surface area is 156 Å². The van der Waals surface area contributed by atoms with E-state index in [9.17, 15) is 23.5 Å². The van der Waals surface area contributed by atoms with Gasteiger partial charge in [-0.1, -0.05) is 6.08 Å². The summed E-state index contributed by atoms with van der Waals surface area (Å²) in [4.78, 5) is 22.7. The summed E-state index contributed by atoms with van der Waals surface area (Å²) >= 11 is 0. The molecule has 0 aromatic heterocycles. The number of carboxylic acids is 1. The van der Waals surface area contributed by atoms with E-state index < -0.39 is 41.5 Å². The Morgan fingerprint density at radius 2 is 1.67 bits per heavy atom. The van der Waals surface area contributed by atoms with E-state index in [2.05, 4.69) is 5.32 Å². The van der Waals surface area contributed by atoms with Gasteiger partial charge in [0.15, 0.2) is 11.6 Å². The van der Waals surface area contributed by atoms with Gasteiger partial charge in [0, 0.05) is 13.5 Å². The van der Waals surface area contributed by atoms with E-state index in [1.54, 1.807) is 0 Å². The Bertz CT molecular complexity index is 791. The quantitative estimate of drug-likeness (QED) is 0.767. The molecule has 1 heterocycles. The predicted molar refractivity (Wildman–Crippen MR) is 96.1 cm³/mol. The summed E-state index contributed by atoms with van der Waals surface area (Å²) in [7, 11) is -0.892. The molecule has 1 aliphatic rings. The summed E-state index contributed by atoms with van der Waals surface area (Å²) < 4.78 is 39.0. The minimum atomic E-state index is -1.41. The Morgan fingerprint density at radius 3 is 2.15 bits per heavy atom. The van der Waals surface area contributed by atoms with Crippen molar-refractivity contribution in [2.75, 3.05) is 6.54 Å². The third-order valence-corrected chi connectivity index (χ3v) is 4.76. The van der Waals surface area contributed by atoms with E-state index in [1.165, 1.54) is 13.0 Å². The molecule has 1 fully saturated rings. The standard InChI is InChI=1S/C18H22BF2NO5/c1-10(23)22-9-12(19-26-17(2,3)18(4,5)27-19)6-11-7-14(20)15(21)8-13(11)16(24)25/h6-8H,9H2,1-5H3,(H,22,23)(H,24,25). The van der Waals surface area contributed by atoms with Gasteiger partial charge in [-0.25, -0.2) is 13.6 Å². The molecule has 0 atom stereocenters. The van der Waals surface area contributed by atoms with Crippen molar-refractivity contribution in [3.8, 4) is 0 Å². The molecule has 0 saturated carbocycles. The van der Waals surface area contributed by atoms with Gasteiger partial charge in [-0.2, -0.15) is 0 Å². The van der Waals surface area contributed by atoms with Gasteiger partial charge in [-0.05, 0) is 50.9 Å². The highest BCUT2D eigenvalue weighted by atomic mass is 19.2. The maximum Gasteiger partial charge on any atom is 0.492 e. The first-order valence-corrected chi connectivity index (χ1v) is 8.37. The maximum absolute atomic E-state index is 13.7. The SMILES string of the molecule is CC(=O)NCC(=Cc1cc(F)c(F)cc1C(=O)O)B1OC(C)(C)C(C)(C)O1. The lowest BCUT2D eigenvalue weighted by Crippen LogP contribution is -2.41. The Kier molecular flexibility index (Phi) is 5.77. The Balaban J connectivity index is 2.51. The molecule has 1 saturated heterocycles. The minimum absolute atomic E-state index is 0.00971. The first kappa shape index (κ1) is 21.0. The zero-order chi connectivity index (χ0) is 20.6. The average Bonchev–Trinajstić information content (AvgIpc) is 2.74. The van der Waals surface area contributed by atoms with Crippen LogP contribution >= 0.6 is 0 Å². The monoisotopic (exact) mass is 381 g/mol. The predicted octanol–water partition coefficient (Wildman–Crippen LogP) is 2.81. The molecule has 6 nitrogen and oxygen atoms in total. The van der Waals surface area contributed by atoms with E-state index in [0.29, 0.717) is 11.5 Å². The fraction of sp³-hybridized carbons (Fsp3) is 0.444. The molecule has 2 N–H and O–H groups in total. The number of benzene rings is 1. The van der Waals surface area contributed by atoms with Gasteiger partial charge in [-0.3, -0.25) is 4.79 Å². The number of rotatable bonds is 5. The highest BCUT2D eigenvalue weighted by molar-refractivity contribution is 6.56. The number of halogens is 2. The molecule has 0 radical (unpaired) electrons. The summed E-state index contributed by atoms with van der Waals surface area (Å²) in [6, 6.07) is 1.40. The number of carboxylic acid groups (broad SMARTS) is 1. The van der Waals surface area contributed by atoms with Gasteiger partial charge in [0.2, 0.25) is 5.91 Å². The summed E-state index contributed by atoms with van der Waals surface area (Å²) in [6.07, 6.45) is 1.34. The lowest BCUT2D eigenvalue weighted by atomic mass is 9.76. The van der Waals surface area contributed by atoms with E-state index in [0.717, 1.165) is 6.07 Å². The lowest BCUT2D eigenvalue weighted by Gasteiger charge is -2.32. The molecule has 0 unspecified atom stereocenters. The third-order valence-electron chi connectivity index (χ3n) is 4.76. The molecule has 1 aliphatic heterocycles. The molecule has 9 heteroatoms. The molecule has 0 bridgehead atoms. The zero-order valence-electron chi connectivity index (χ0n) is 15.9. The number of carbonyl (C=O) groups excluding carboxylic acids is 1. The third kappa shape index (κ3) is 4.54. The van der Waals surface area contributed by atoms with Crippen molar-refractivity contribution in [3.63, 3.8) is 0 Å². The van der Waals surface area contributed by atoms with Crippen LogP contribution in [0.25, 0.3) is 6.08 Å². The van der Waals surface area contributed by atoms with Crippen LogP contribution in [0.3, 0.4) is 0 Å². The normalized spacial score (nSPS) is 18.5. The average molecular weight is 381 g/mol. The largest absolute Gasteiger partial charge is 0.492 e. The Hall–Kier alpha value is -2.26. The smallest absolute Gasteiger partial charge is 0.478 e. The number of carbonyl (C=O) groups is 2. The maximum atomic E-state index is 13.7. The molecule has 2 rings (SSSR count). The molecular weight excluding hydrogens is 359 g/mol. The van der Waals surface area contributed by atoms with Crippen molar-refractivity contribution in [3.05, 3.63) is 40.4 Å². The van der Waals surface area contributed by atoms with Crippen molar-refractivity contribution in [1.29, 1.82) is 0 Å². The molecule has 0 spiro atoms. The van der Waals surface area contributed by atoms with Gasteiger partial charge >= 0.3 is 13.1 Å². The van der Waals surface area contributed by atoms with Crippen LogP contribution in [0.2, 0.25) is 0 Å². The van der Waals surface area contributed by atoms with Crippen molar-refractivity contribution in [2.24, 2.45) is 0 Å². The van der Waals surface area contributed by atoms with Crippen LogP contribution in [0.5, 0.6) is 0 Å². The first-order chi connectivity index (χ1) is 12.3. The highest BCUT2D eigenvalue weighted by Gasteiger charge is 2.52. The van der Waals surface area contributed by atoms with Crippen molar-refractivity contribution in [2.45, 2.75) is 45.8 Å². The van der Waals surface area contributed by atoms with Crippen LogP contribution in [-0.4, -0.2) is 41.8 Å². The van der Waals surface area contributed by atoms with Crippen LogP contribution in [0, 0.1) is 11.6 Å². The number of nitrogens with one attached hydrogen (secondary N) is 1. The molecule has 27 heavy (non-hydrogen) atoms. The lowest BCUT2D eigenvalue weighted by molar-refractivity contribution is -0.118. The van der Waals surface area contributed by atoms with Crippen LogP contribution in [-0.2, 0) is 14.1 Å². The molecule has 146 valence electrons. The van der Waals surface area contributed by atoms with Crippen molar-refractivity contribution in [1.82, 2.24) is 5.32 Å². The summed E-state index contributed by atoms with van der Waals surface area (Å²) in [6.45, 7) is 8.66. The van der Waals surface area contributed by atoms with E-state index in [-0.39, 0.29) is 18.0 Å². The molecule has 0 aliphatic carbocycles. The van der Waals surface area contributed by atoms with Crippen LogP contribution in [0.1, 0.15) is 50.5 Å². The number of aromatic carboxylic acids is 1. The molecule has 1 amide bonds. The second kappa shape index (κ2) is 7.40. The van der Waals surface area contributed by atoms with Crippen molar-refractivity contribution < 1.29 is 32.8 Å². The van der Waals surface area contributed by atoms with Crippen LogP contribution < -0.4 is 5.32 Å².